The number of carbonyl (C=O) groups excluding carboxylic acids is 1. The Bertz CT molecular complexity index is 1470. The molecule has 2 aromatic carbocycles. The van der Waals surface area contributed by atoms with E-state index >= 15 is 0 Å². The second kappa shape index (κ2) is 10.6. The van der Waals surface area contributed by atoms with E-state index in [1.165, 1.54) is 15.5 Å². The number of aromatic nitrogens is 4. The number of carbonyl (C=O) groups is 1. The Kier molecular flexibility index (Phi) is 7.38. The van der Waals surface area contributed by atoms with E-state index in [-0.39, 0.29) is 30.9 Å². The predicted octanol–water partition coefficient (Wildman–Crippen LogP) is 3.68. The van der Waals surface area contributed by atoms with Gasteiger partial charge in [-0.2, -0.15) is 0 Å². The molecule has 36 heavy (non-hydrogen) atoms. The number of imidazole rings is 1. The van der Waals surface area contributed by atoms with Crippen LogP contribution in [-0.2, 0) is 16.1 Å². The summed E-state index contributed by atoms with van der Waals surface area (Å²) in [5.74, 6) is 0.468. The molecule has 2 aromatic heterocycles. The molecule has 0 fully saturated rings. The van der Waals surface area contributed by atoms with Gasteiger partial charge in [-0.3, -0.25) is 9.36 Å². The Morgan fingerprint density at radius 2 is 1.69 bits per heavy atom. The molecule has 0 aliphatic heterocycles. The highest BCUT2D eigenvalue weighted by atomic mass is 16.5. The molecule has 0 saturated carbocycles. The molecule has 4 aromatic rings. The van der Waals surface area contributed by atoms with Crippen LogP contribution in [0.3, 0.4) is 0 Å². The van der Waals surface area contributed by atoms with Crippen LogP contribution in [0, 0.1) is 0 Å². The molecule has 4 rings (SSSR count). The van der Waals surface area contributed by atoms with Gasteiger partial charge in [0.25, 0.3) is 5.56 Å². The van der Waals surface area contributed by atoms with E-state index in [0.29, 0.717) is 17.4 Å². The minimum atomic E-state index is -0.800. The minimum absolute atomic E-state index is 0.0194. The molecule has 0 aliphatic carbocycles. The van der Waals surface area contributed by atoms with Gasteiger partial charge in [-0.25, -0.2) is 19.1 Å². The van der Waals surface area contributed by atoms with Crippen molar-refractivity contribution in [2.75, 3.05) is 13.2 Å². The van der Waals surface area contributed by atoms with Crippen LogP contribution in [0.15, 0.2) is 70.5 Å². The molecule has 0 saturated heterocycles. The van der Waals surface area contributed by atoms with Crippen molar-refractivity contribution in [1.82, 2.24) is 18.7 Å². The molecule has 0 aliphatic rings. The summed E-state index contributed by atoms with van der Waals surface area (Å²) >= 11 is 0. The van der Waals surface area contributed by atoms with Crippen LogP contribution in [-0.4, -0.2) is 37.9 Å². The number of ether oxygens (including phenoxy) is 2. The zero-order chi connectivity index (χ0) is 25.8. The van der Waals surface area contributed by atoms with Gasteiger partial charge in [0.15, 0.2) is 11.2 Å². The zero-order valence-electron chi connectivity index (χ0n) is 20.9. The topological polar surface area (TPSA) is 97.4 Å². The third kappa shape index (κ3) is 4.82. The van der Waals surface area contributed by atoms with Crippen LogP contribution in [0.5, 0.6) is 5.75 Å². The molecule has 2 heterocycles. The fraction of sp³-hybridized carbons (Fsp3) is 0.333. The third-order valence-corrected chi connectivity index (χ3v) is 6.05. The molecule has 0 radical (unpaired) electrons. The molecule has 188 valence electrons. The number of hydrogen-bond acceptors (Lipinski definition) is 6. The van der Waals surface area contributed by atoms with Gasteiger partial charge in [0.05, 0.1) is 25.2 Å². The largest absolute Gasteiger partial charge is 0.492 e. The van der Waals surface area contributed by atoms with Crippen molar-refractivity contribution < 1.29 is 14.3 Å². The second-order valence-corrected chi connectivity index (χ2v) is 8.73. The highest BCUT2D eigenvalue weighted by Gasteiger charge is 2.24. The maximum atomic E-state index is 13.6. The standard InChI is InChI=1S/C27H30N4O5/c1-5-35-26(33)19(4)30-17-28-24-23(30)25(32)29(15-16-36-22-9-7-6-8-10-22)27(34)31(24)21-13-11-20(12-14-21)18(2)3/h6-14,17-19H,5,15-16H2,1-4H3/t19-/m1/s1. The molecular weight excluding hydrogens is 460 g/mol. The smallest absolute Gasteiger partial charge is 0.337 e. The lowest BCUT2D eigenvalue weighted by Gasteiger charge is -2.16. The van der Waals surface area contributed by atoms with E-state index < -0.39 is 23.3 Å². The van der Waals surface area contributed by atoms with Gasteiger partial charge in [-0.15, -0.1) is 0 Å². The Morgan fingerprint density at radius 3 is 2.33 bits per heavy atom. The highest BCUT2D eigenvalue weighted by Crippen LogP contribution is 2.20. The summed E-state index contributed by atoms with van der Waals surface area (Å²) in [5.41, 5.74) is 0.933. The highest BCUT2D eigenvalue weighted by molar-refractivity contribution is 5.79. The van der Waals surface area contributed by atoms with E-state index in [4.69, 9.17) is 9.47 Å². The van der Waals surface area contributed by atoms with Crippen molar-refractivity contribution in [3.63, 3.8) is 0 Å². The van der Waals surface area contributed by atoms with Crippen LogP contribution >= 0.6 is 0 Å². The first-order chi connectivity index (χ1) is 17.3. The van der Waals surface area contributed by atoms with Gasteiger partial charge in [-0.05, 0) is 49.6 Å². The average Bonchev–Trinajstić information content (AvgIpc) is 3.31. The SMILES string of the molecule is CCOC(=O)[C@@H](C)n1cnc2c1c(=O)n(CCOc1ccccc1)c(=O)n2-c1ccc(C(C)C)cc1. The summed E-state index contributed by atoms with van der Waals surface area (Å²) in [6.07, 6.45) is 1.40. The van der Waals surface area contributed by atoms with Crippen LogP contribution in [0.1, 0.15) is 45.2 Å². The van der Waals surface area contributed by atoms with E-state index in [1.807, 2.05) is 42.5 Å². The summed E-state index contributed by atoms with van der Waals surface area (Å²) < 4.78 is 14.9. The van der Waals surface area contributed by atoms with Crippen molar-refractivity contribution in [1.29, 1.82) is 0 Å². The van der Waals surface area contributed by atoms with Crippen molar-refractivity contribution in [3.8, 4) is 11.4 Å². The number of fused-ring (bicyclic) bond motifs is 1. The van der Waals surface area contributed by atoms with Gasteiger partial charge in [0.1, 0.15) is 18.4 Å². The number of benzene rings is 2. The first kappa shape index (κ1) is 25.0. The lowest BCUT2D eigenvalue weighted by molar-refractivity contribution is -0.146. The number of nitrogens with zero attached hydrogens (tertiary/aromatic N) is 4. The van der Waals surface area contributed by atoms with E-state index in [1.54, 1.807) is 26.0 Å². The van der Waals surface area contributed by atoms with Gasteiger partial charge in [0.2, 0.25) is 0 Å². The van der Waals surface area contributed by atoms with Crippen molar-refractivity contribution >= 4 is 17.1 Å². The van der Waals surface area contributed by atoms with Crippen molar-refractivity contribution in [2.45, 2.75) is 46.2 Å². The average molecular weight is 491 g/mol. The molecule has 0 bridgehead atoms. The maximum Gasteiger partial charge on any atom is 0.337 e. The molecule has 0 N–H and O–H groups in total. The summed E-state index contributed by atoms with van der Waals surface area (Å²) in [5, 5.41) is 0. The third-order valence-electron chi connectivity index (χ3n) is 6.05. The number of hydrogen-bond donors (Lipinski definition) is 0. The molecule has 0 unspecified atom stereocenters. The molecular formula is C27H30N4O5. The van der Waals surface area contributed by atoms with Crippen molar-refractivity contribution in [2.24, 2.45) is 0 Å². The van der Waals surface area contributed by atoms with Gasteiger partial charge >= 0.3 is 11.7 Å². The van der Waals surface area contributed by atoms with Crippen molar-refractivity contribution in [3.05, 3.63) is 87.3 Å². The Balaban J connectivity index is 1.85. The lowest BCUT2D eigenvalue weighted by atomic mass is 10.0. The Hall–Kier alpha value is -4.14. The number of esters is 1. The fourth-order valence-corrected chi connectivity index (χ4v) is 4.03. The molecule has 9 nitrogen and oxygen atoms in total. The summed E-state index contributed by atoms with van der Waals surface area (Å²) in [4.78, 5) is 44.0. The maximum absolute atomic E-state index is 13.6. The summed E-state index contributed by atoms with van der Waals surface area (Å²) in [6, 6.07) is 15.9. The minimum Gasteiger partial charge on any atom is -0.492 e. The van der Waals surface area contributed by atoms with Crippen LogP contribution in [0.4, 0.5) is 0 Å². The lowest BCUT2D eigenvalue weighted by Crippen LogP contribution is -2.41. The molecule has 0 spiro atoms. The second-order valence-electron chi connectivity index (χ2n) is 8.73. The first-order valence-electron chi connectivity index (χ1n) is 12.0. The fourth-order valence-electron chi connectivity index (χ4n) is 4.03. The van der Waals surface area contributed by atoms with E-state index in [0.717, 1.165) is 10.1 Å². The zero-order valence-corrected chi connectivity index (χ0v) is 20.9. The Morgan fingerprint density at radius 1 is 1.00 bits per heavy atom. The normalized spacial score (nSPS) is 12.1. The molecule has 9 heteroatoms. The summed E-state index contributed by atoms with van der Waals surface area (Å²) in [7, 11) is 0. The predicted molar refractivity (Wildman–Crippen MR) is 137 cm³/mol. The van der Waals surface area contributed by atoms with Gasteiger partial charge in [-0.1, -0.05) is 44.2 Å². The van der Waals surface area contributed by atoms with Crippen LogP contribution in [0.25, 0.3) is 16.9 Å². The van der Waals surface area contributed by atoms with E-state index in [2.05, 4.69) is 18.8 Å². The van der Waals surface area contributed by atoms with Gasteiger partial charge < -0.3 is 14.0 Å². The molecule has 0 amide bonds. The quantitative estimate of drug-likeness (QED) is 0.332. The number of para-hydroxylation sites is 1. The Labute approximate surface area is 208 Å². The number of rotatable bonds is 9. The van der Waals surface area contributed by atoms with E-state index in [9.17, 15) is 14.4 Å². The summed E-state index contributed by atoms with van der Waals surface area (Å²) in [6.45, 7) is 7.87. The molecule has 1 atom stereocenters. The van der Waals surface area contributed by atoms with Gasteiger partial charge in [0, 0.05) is 0 Å². The first-order valence-corrected chi connectivity index (χ1v) is 12.0. The monoisotopic (exact) mass is 490 g/mol. The van der Waals surface area contributed by atoms with Crippen LogP contribution < -0.4 is 16.0 Å². The van der Waals surface area contributed by atoms with Crippen LogP contribution in [0.2, 0.25) is 0 Å².